The van der Waals surface area contributed by atoms with Crippen molar-refractivity contribution in [3.8, 4) is 0 Å². The van der Waals surface area contributed by atoms with Gasteiger partial charge < -0.3 is 4.98 Å². The van der Waals surface area contributed by atoms with Gasteiger partial charge in [0.1, 0.15) is 0 Å². The fraction of sp³-hybridized carbons (Fsp3) is 0. The van der Waals surface area contributed by atoms with Gasteiger partial charge in [0.15, 0.2) is 0 Å². The molecule has 0 fully saturated rings. The molecule has 15 heavy (non-hydrogen) atoms. The van der Waals surface area contributed by atoms with Gasteiger partial charge in [-0.2, -0.15) is 0 Å². The highest BCUT2D eigenvalue weighted by Crippen LogP contribution is 2.35. The van der Waals surface area contributed by atoms with Crippen molar-refractivity contribution >= 4 is 45.0 Å². The fourth-order valence-corrected chi connectivity index (χ4v) is 2.35. The number of aromatic amines is 1. The van der Waals surface area contributed by atoms with Crippen LogP contribution in [0.5, 0.6) is 0 Å². The third-order valence-corrected chi connectivity index (χ3v) is 3.19. The minimum atomic E-state index is 0.700. The van der Waals surface area contributed by atoms with E-state index in [0.29, 0.717) is 5.02 Å². The van der Waals surface area contributed by atoms with Gasteiger partial charge in [0.25, 0.3) is 0 Å². The number of nitrogens with one attached hydrogen (secondary N) is 1. The van der Waals surface area contributed by atoms with Gasteiger partial charge in [0.05, 0.1) is 15.6 Å². The summed E-state index contributed by atoms with van der Waals surface area (Å²) < 4.78 is 0. The number of benzene rings is 2. The van der Waals surface area contributed by atoms with Gasteiger partial charge in [-0.05, 0) is 18.2 Å². The molecule has 0 unspecified atom stereocenters. The van der Waals surface area contributed by atoms with Crippen LogP contribution in [0.4, 0.5) is 0 Å². The molecule has 1 N–H and O–H groups in total. The zero-order valence-electron chi connectivity index (χ0n) is 7.72. The van der Waals surface area contributed by atoms with Gasteiger partial charge >= 0.3 is 0 Å². The second kappa shape index (κ2) is 3.16. The average molecular weight is 236 g/mol. The van der Waals surface area contributed by atoms with Gasteiger partial charge in [-0.1, -0.05) is 41.4 Å². The fourth-order valence-electron chi connectivity index (χ4n) is 1.88. The van der Waals surface area contributed by atoms with Crippen LogP contribution in [-0.4, -0.2) is 4.98 Å². The molecule has 3 heteroatoms. The van der Waals surface area contributed by atoms with E-state index in [-0.39, 0.29) is 0 Å². The van der Waals surface area contributed by atoms with Crippen molar-refractivity contribution in [3.05, 3.63) is 46.4 Å². The molecule has 0 amide bonds. The summed E-state index contributed by atoms with van der Waals surface area (Å²) in [7, 11) is 0. The molecule has 0 aliphatic heterocycles. The van der Waals surface area contributed by atoms with E-state index in [2.05, 4.69) is 4.98 Å². The summed E-state index contributed by atoms with van der Waals surface area (Å²) in [5, 5.41) is 3.54. The van der Waals surface area contributed by atoms with Crippen LogP contribution in [0.1, 0.15) is 0 Å². The van der Waals surface area contributed by atoms with E-state index >= 15 is 0 Å². The monoisotopic (exact) mass is 235 g/mol. The minimum Gasteiger partial charge on any atom is -0.353 e. The average Bonchev–Trinajstić information content (AvgIpc) is 2.64. The molecule has 0 saturated carbocycles. The van der Waals surface area contributed by atoms with Gasteiger partial charge in [0, 0.05) is 16.3 Å². The Kier molecular flexibility index (Phi) is 1.91. The lowest BCUT2D eigenvalue weighted by Gasteiger charge is -1.96. The van der Waals surface area contributed by atoms with Crippen LogP contribution >= 0.6 is 23.2 Å². The molecule has 3 rings (SSSR count). The minimum absolute atomic E-state index is 0.700. The number of fused-ring (bicyclic) bond motifs is 3. The molecule has 1 nitrogen and oxygen atoms in total. The molecule has 0 radical (unpaired) electrons. The first-order valence-corrected chi connectivity index (χ1v) is 5.37. The van der Waals surface area contributed by atoms with Crippen molar-refractivity contribution in [2.45, 2.75) is 0 Å². The molecular formula is C12H7Cl2N. The number of rotatable bonds is 0. The molecule has 0 bridgehead atoms. The van der Waals surface area contributed by atoms with E-state index in [9.17, 15) is 0 Å². The molecule has 1 heterocycles. The number of para-hydroxylation sites is 1. The number of halogens is 2. The third-order valence-electron chi connectivity index (χ3n) is 2.56. The Labute approximate surface area is 96.6 Å². The van der Waals surface area contributed by atoms with Crippen molar-refractivity contribution in [2.24, 2.45) is 0 Å². The van der Waals surface area contributed by atoms with Crippen LogP contribution in [0.25, 0.3) is 21.8 Å². The predicted molar refractivity (Wildman–Crippen MR) is 65.8 cm³/mol. The Balaban J connectivity index is 2.66. The molecule has 1 aromatic heterocycles. The maximum Gasteiger partial charge on any atom is 0.0669 e. The van der Waals surface area contributed by atoms with E-state index in [1.54, 1.807) is 0 Å². The van der Waals surface area contributed by atoms with Crippen LogP contribution < -0.4 is 0 Å². The molecule has 3 aromatic rings. The van der Waals surface area contributed by atoms with E-state index in [4.69, 9.17) is 23.2 Å². The molecule has 0 atom stereocenters. The van der Waals surface area contributed by atoms with Gasteiger partial charge in [-0.15, -0.1) is 0 Å². The first kappa shape index (κ1) is 9.08. The quantitative estimate of drug-likeness (QED) is 0.585. The first-order chi connectivity index (χ1) is 7.27. The summed E-state index contributed by atoms with van der Waals surface area (Å²) in [6.07, 6.45) is 0. The molecule has 2 aromatic carbocycles. The predicted octanol–water partition coefficient (Wildman–Crippen LogP) is 4.63. The molecule has 0 aliphatic rings. The second-order valence-electron chi connectivity index (χ2n) is 3.45. The lowest BCUT2D eigenvalue weighted by atomic mass is 10.1. The third kappa shape index (κ3) is 1.24. The maximum atomic E-state index is 6.17. The van der Waals surface area contributed by atoms with Crippen LogP contribution in [0.3, 0.4) is 0 Å². The summed E-state index contributed by atoms with van der Waals surface area (Å²) in [5.41, 5.74) is 1.97. The van der Waals surface area contributed by atoms with Crippen molar-refractivity contribution in [1.82, 2.24) is 4.98 Å². The van der Waals surface area contributed by atoms with E-state index in [1.165, 1.54) is 0 Å². The summed E-state index contributed by atoms with van der Waals surface area (Å²) >= 11 is 12.3. The Bertz CT molecular complexity index is 655. The standard InChI is InChI=1S/C12H7Cl2N/c13-8-5-6-9(14)12-11(8)7-3-1-2-4-10(7)15-12/h1-6,15H. The SMILES string of the molecule is Clc1ccc(Cl)c2c1[nH]c1ccccc12. The summed E-state index contributed by atoms with van der Waals surface area (Å²) in [6, 6.07) is 11.7. The normalized spacial score (nSPS) is 11.3. The van der Waals surface area contributed by atoms with E-state index < -0.39 is 0 Å². The highest BCUT2D eigenvalue weighted by atomic mass is 35.5. The smallest absolute Gasteiger partial charge is 0.0669 e. The van der Waals surface area contributed by atoms with Crippen LogP contribution in [0.2, 0.25) is 10.0 Å². The summed E-state index contributed by atoms with van der Waals surface area (Å²) in [4.78, 5) is 3.27. The van der Waals surface area contributed by atoms with Crippen molar-refractivity contribution in [3.63, 3.8) is 0 Å². The van der Waals surface area contributed by atoms with Crippen molar-refractivity contribution in [2.75, 3.05) is 0 Å². The second-order valence-corrected chi connectivity index (χ2v) is 4.26. The van der Waals surface area contributed by atoms with Crippen LogP contribution in [0.15, 0.2) is 36.4 Å². The molecule has 0 saturated heterocycles. The highest BCUT2D eigenvalue weighted by molar-refractivity contribution is 6.42. The van der Waals surface area contributed by atoms with Gasteiger partial charge in [-0.3, -0.25) is 0 Å². The Morgan fingerprint density at radius 2 is 1.60 bits per heavy atom. The largest absolute Gasteiger partial charge is 0.353 e. The number of H-pyrrole nitrogens is 1. The number of hydrogen-bond donors (Lipinski definition) is 1. The lowest BCUT2D eigenvalue weighted by Crippen LogP contribution is -1.71. The van der Waals surface area contributed by atoms with Crippen LogP contribution in [-0.2, 0) is 0 Å². The van der Waals surface area contributed by atoms with Crippen molar-refractivity contribution < 1.29 is 0 Å². The zero-order valence-corrected chi connectivity index (χ0v) is 9.23. The van der Waals surface area contributed by atoms with Crippen LogP contribution in [0, 0.1) is 0 Å². The number of aromatic nitrogens is 1. The Morgan fingerprint density at radius 1 is 0.867 bits per heavy atom. The molecule has 0 spiro atoms. The molecular weight excluding hydrogens is 229 g/mol. The number of hydrogen-bond acceptors (Lipinski definition) is 0. The Morgan fingerprint density at radius 3 is 2.47 bits per heavy atom. The van der Waals surface area contributed by atoms with Gasteiger partial charge in [-0.25, -0.2) is 0 Å². The van der Waals surface area contributed by atoms with Crippen molar-refractivity contribution in [1.29, 1.82) is 0 Å². The molecule has 74 valence electrons. The first-order valence-electron chi connectivity index (χ1n) is 4.62. The lowest BCUT2D eigenvalue weighted by molar-refractivity contribution is 1.55. The summed E-state index contributed by atoms with van der Waals surface area (Å²) in [5.74, 6) is 0. The van der Waals surface area contributed by atoms with E-state index in [1.807, 2.05) is 36.4 Å². The zero-order chi connectivity index (χ0) is 10.4. The van der Waals surface area contributed by atoms with E-state index in [0.717, 1.165) is 26.8 Å². The highest BCUT2D eigenvalue weighted by Gasteiger charge is 2.09. The van der Waals surface area contributed by atoms with Gasteiger partial charge in [0.2, 0.25) is 0 Å². The topological polar surface area (TPSA) is 15.8 Å². The maximum absolute atomic E-state index is 6.17. The molecule has 0 aliphatic carbocycles. The Hall–Kier alpha value is -1.18. The summed E-state index contributed by atoms with van der Waals surface area (Å²) in [6.45, 7) is 0.